The molecule has 3 aromatic carbocycles. The second-order valence-electron chi connectivity index (χ2n) is 12.4. The summed E-state index contributed by atoms with van der Waals surface area (Å²) >= 11 is 0. The summed E-state index contributed by atoms with van der Waals surface area (Å²) in [5, 5.41) is 19.3. The van der Waals surface area contributed by atoms with Crippen molar-refractivity contribution in [2.45, 2.75) is 50.0 Å². The van der Waals surface area contributed by atoms with Crippen molar-refractivity contribution in [1.29, 1.82) is 0 Å². The summed E-state index contributed by atoms with van der Waals surface area (Å²) in [6.07, 6.45) is 3.00. The molecular formula is C35H35F4N7O5. The highest BCUT2D eigenvalue weighted by molar-refractivity contribution is 6.00. The Morgan fingerprint density at radius 2 is 1.53 bits per heavy atom. The summed E-state index contributed by atoms with van der Waals surface area (Å²) in [7, 11) is 0. The van der Waals surface area contributed by atoms with Gasteiger partial charge in [-0.25, -0.2) is 9.78 Å². The fourth-order valence-electron chi connectivity index (χ4n) is 5.91. The van der Waals surface area contributed by atoms with E-state index in [1.165, 1.54) is 24.3 Å². The standard InChI is InChI=1S/C35H35F4N7O5/c36-34(37,35(38,39)33(50)51)32-44-29(45-46-32)22-13-15-24(16-14-22)42-31(49)27(43-30(48)23-11-7-20(18-40)8-12-23)17-19-5-9-21(10-6-19)25-3-1-2-4-26(25)28(41)47/h1-6,9-10,13-16,20,23,27H,7-8,11-12,17-18,40H2,(H2,41,47)(H,42,49)(H,43,48)(H,50,51)(H,44,45,46)/t20?,23?,27-/m0/s1. The number of anilines is 1. The fourth-order valence-corrected chi connectivity index (χ4v) is 5.91. The van der Waals surface area contributed by atoms with E-state index in [4.69, 9.17) is 16.6 Å². The smallest absolute Gasteiger partial charge is 0.411 e. The number of rotatable bonds is 13. The molecular weight excluding hydrogens is 674 g/mol. The number of carbonyl (C=O) groups is 4. The molecule has 3 amide bonds. The number of aromatic amines is 1. The molecule has 1 saturated carbocycles. The Hall–Kier alpha value is -5.64. The number of amides is 3. The third kappa shape index (κ3) is 8.06. The topological polar surface area (TPSA) is 206 Å². The third-order valence-corrected chi connectivity index (χ3v) is 8.94. The number of aliphatic carboxylic acids is 1. The van der Waals surface area contributed by atoms with E-state index in [2.05, 4.69) is 20.7 Å². The summed E-state index contributed by atoms with van der Waals surface area (Å²) in [6, 6.07) is 18.5. The Morgan fingerprint density at radius 1 is 0.902 bits per heavy atom. The van der Waals surface area contributed by atoms with E-state index in [0.29, 0.717) is 42.0 Å². The fraction of sp³-hybridized carbons (Fsp3) is 0.314. The zero-order valence-electron chi connectivity index (χ0n) is 27.0. The van der Waals surface area contributed by atoms with Crippen molar-refractivity contribution >= 4 is 29.4 Å². The minimum absolute atomic E-state index is 0.0980. The first-order valence-electron chi connectivity index (χ1n) is 16.0. The van der Waals surface area contributed by atoms with Gasteiger partial charge in [0.05, 0.1) is 0 Å². The quantitative estimate of drug-likeness (QED) is 0.109. The van der Waals surface area contributed by atoms with Crippen LogP contribution in [0.3, 0.4) is 0 Å². The molecule has 1 aliphatic carbocycles. The monoisotopic (exact) mass is 709 g/mol. The van der Waals surface area contributed by atoms with Crippen LogP contribution in [0.4, 0.5) is 23.2 Å². The summed E-state index contributed by atoms with van der Waals surface area (Å²) in [4.78, 5) is 53.0. The highest BCUT2D eigenvalue weighted by Gasteiger charge is 2.65. The molecule has 0 saturated heterocycles. The lowest BCUT2D eigenvalue weighted by Gasteiger charge is -2.28. The van der Waals surface area contributed by atoms with Crippen molar-refractivity contribution in [3.63, 3.8) is 0 Å². The number of H-pyrrole nitrogens is 1. The van der Waals surface area contributed by atoms with E-state index in [-0.39, 0.29) is 29.5 Å². The van der Waals surface area contributed by atoms with Gasteiger partial charge in [-0.1, -0.05) is 42.5 Å². The highest BCUT2D eigenvalue weighted by Crippen LogP contribution is 2.42. The molecule has 1 aliphatic rings. The number of carboxylic acid groups (broad SMARTS) is 1. The lowest BCUT2D eigenvalue weighted by atomic mass is 9.81. The van der Waals surface area contributed by atoms with E-state index in [1.54, 1.807) is 53.6 Å². The van der Waals surface area contributed by atoms with Crippen LogP contribution in [0.1, 0.15) is 47.4 Å². The Morgan fingerprint density at radius 3 is 2.14 bits per heavy atom. The van der Waals surface area contributed by atoms with Gasteiger partial charge < -0.3 is 27.2 Å². The van der Waals surface area contributed by atoms with Crippen molar-refractivity contribution < 1.29 is 41.8 Å². The van der Waals surface area contributed by atoms with Crippen LogP contribution >= 0.6 is 0 Å². The van der Waals surface area contributed by atoms with E-state index in [9.17, 15) is 36.7 Å². The maximum Gasteiger partial charge on any atom is 0.411 e. The van der Waals surface area contributed by atoms with Crippen LogP contribution < -0.4 is 22.1 Å². The number of hydrogen-bond donors (Lipinski definition) is 6. The molecule has 1 heterocycles. The summed E-state index contributed by atoms with van der Waals surface area (Å²) in [5.74, 6) is -17.0. The number of primary amides is 1. The predicted molar refractivity (Wildman–Crippen MR) is 177 cm³/mol. The van der Waals surface area contributed by atoms with Gasteiger partial charge in [-0.3, -0.25) is 19.5 Å². The van der Waals surface area contributed by atoms with Crippen molar-refractivity contribution in [2.75, 3.05) is 11.9 Å². The molecule has 0 aliphatic heterocycles. The van der Waals surface area contributed by atoms with Gasteiger partial charge >= 0.3 is 17.8 Å². The molecule has 12 nitrogen and oxygen atoms in total. The number of carboxylic acids is 1. The summed E-state index contributed by atoms with van der Waals surface area (Å²) < 4.78 is 55.6. The minimum Gasteiger partial charge on any atom is -0.477 e. The first kappa shape index (κ1) is 36.6. The van der Waals surface area contributed by atoms with Crippen LogP contribution in [0, 0.1) is 11.8 Å². The molecule has 0 unspecified atom stereocenters. The van der Waals surface area contributed by atoms with Crippen molar-refractivity contribution in [3.8, 4) is 22.5 Å². The van der Waals surface area contributed by atoms with Crippen LogP contribution in [-0.2, 0) is 26.7 Å². The van der Waals surface area contributed by atoms with Crippen LogP contribution in [0.5, 0.6) is 0 Å². The number of hydrogen-bond acceptors (Lipinski definition) is 7. The molecule has 1 atom stereocenters. The largest absolute Gasteiger partial charge is 0.477 e. The first-order chi connectivity index (χ1) is 24.2. The van der Waals surface area contributed by atoms with Gasteiger partial charge in [0.25, 0.3) is 0 Å². The Bertz CT molecular complexity index is 1890. The summed E-state index contributed by atoms with van der Waals surface area (Å²) in [5.41, 5.74) is 14.1. The van der Waals surface area contributed by atoms with Crippen molar-refractivity contribution in [3.05, 3.63) is 89.7 Å². The van der Waals surface area contributed by atoms with Gasteiger partial charge in [-0.05, 0) is 85.2 Å². The van der Waals surface area contributed by atoms with E-state index in [1.807, 2.05) is 0 Å². The zero-order chi connectivity index (χ0) is 36.9. The molecule has 1 fully saturated rings. The molecule has 8 N–H and O–H groups in total. The predicted octanol–water partition coefficient (Wildman–Crippen LogP) is 4.48. The molecule has 0 spiro atoms. The third-order valence-electron chi connectivity index (χ3n) is 8.94. The van der Waals surface area contributed by atoms with E-state index >= 15 is 0 Å². The van der Waals surface area contributed by atoms with E-state index < -0.39 is 47.3 Å². The Balaban J connectivity index is 1.32. The van der Waals surface area contributed by atoms with Crippen molar-refractivity contribution in [2.24, 2.45) is 23.3 Å². The number of alkyl halides is 4. The molecule has 16 heteroatoms. The minimum atomic E-state index is -5.44. The van der Waals surface area contributed by atoms with E-state index in [0.717, 1.165) is 18.4 Å². The molecule has 5 rings (SSSR count). The second kappa shape index (κ2) is 15.1. The molecule has 0 bridgehead atoms. The number of nitrogens with one attached hydrogen (secondary N) is 3. The number of halogens is 4. The normalized spacial score (nSPS) is 17.0. The molecule has 268 valence electrons. The molecule has 51 heavy (non-hydrogen) atoms. The average Bonchev–Trinajstić information content (AvgIpc) is 3.63. The number of benzene rings is 3. The SMILES string of the molecule is NCC1CCC(C(=O)N[C@@H](Cc2ccc(-c3ccccc3C(N)=O)cc2)C(=O)Nc2ccc(-c3n[nH]c(C(F)(F)C(F)(F)C(=O)O)n3)cc2)CC1. The maximum absolute atomic E-state index is 14.2. The Kier molecular flexibility index (Phi) is 10.8. The van der Waals surface area contributed by atoms with Crippen LogP contribution in [0.2, 0.25) is 0 Å². The molecule has 1 aromatic heterocycles. The maximum atomic E-state index is 14.2. The summed E-state index contributed by atoms with van der Waals surface area (Å²) in [6.45, 7) is 0.544. The van der Waals surface area contributed by atoms with Gasteiger partial charge in [0, 0.05) is 29.2 Å². The van der Waals surface area contributed by atoms with Crippen LogP contribution in [0.15, 0.2) is 72.8 Å². The van der Waals surface area contributed by atoms with Gasteiger partial charge in [-0.15, -0.1) is 0 Å². The molecule has 4 aromatic rings. The second-order valence-corrected chi connectivity index (χ2v) is 12.4. The number of nitrogens with zero attached hydrogens (tertiary/aromatic N) is 2. The lowest BCUT2D eigenvalue weighted by molar-refractivity contribution is -0.231. The number of carbonyl (C=O) groups excluding carboxylic acids is 3. The highest BCUT2D eigenvalue weighted by atomic mass is 19.3. The van der Waals surface area contributed by atoms with Gasteiger partial charge in [-0.2, -0.15) is 22.7 Å². The average molecular weight is 710 g/mol. The zero-order valence-corrected chi connectivity index (χ0v) is 27.0. The number of nitrogens with two attached hydrogens (primary N) is 2. The lowest BCUT2D eigenvalue weighted by Crippen LogP contribution is -2.48. The van der Waals surface area contributed by atoms with Gasteiger partial charge in [0.15, 0.2) is 5.82 Å². The Labute approximate surface area is 289 Å². The first-order valence-corrected chi connectivity index (χ1v) is 16.0. The van der Waals surface area contributed by atoms with Gasteiger partial charge in [0.1, 0.15) is 6.04 Å². The molecule has 0 radical (unpaired) electrons. The van der Waals surface area contributed by atoms with Crippen molar-refractivity contribution in [1.82, 2.24) is 20.5 Å². The number of aromatic nitrogens is 3. The van der Waals surface area contributed by atoms with Gasteiger partial charge in [0.2, 0.25) is 23.5 Å². The van der Waals surface area contributed by atoms with Crippen LogP contribution in [-0.4, -0.2) is 62.5 Å². The van der Waals surface area contributed by atoms with Crippen LogP contribution in [0.25, 0.3) is 22.5 Å².